The molecule has 0 fully saturated rings. The van der Waals surface area contributed by atoms with Crippen LogP contribution in [0.2, 0.25) is 0 Å². The van der Waals surface area contributed by atoms with Gasteiger partial charge < -0.3 is 39.4 Å². The standard InChI is InChI=1S/C24H22F3N5O5.C23H20F3N5O5.CH4/c1-35-18-6-15(7-19(36-2)22(18)23(34)29-13-24(25,26)27)17-10-28-20-8-14(4-5-32(17)20)16-9-30-31(11-16)12-21(33)37-3;1-35-17-5-14(6-18(36-2)21(17)22(34)28-12-23(24,25)26)16-9-27-19-7-13(3-4-31(16)19)15-8-29-30(10-15)11-20(32)33;/h4-11H,12-13H2,1-3H3,(H,29,34);3-10H,11-12H2,1-2H3,(H,28,34)(H,32,33);1H4. The number of amides is 2. The topological polar surface area (TPSA) is 229 Å². The van der Waals surface area contributed by atoms with Crippen molar-refractivity contribution in [3.63, 3.8) is 0 Å². The molecule has 0 radical (unpaired) electrons. The van der Waals surface area contributed by atoms with Crippen molar-refractivity contribution in [3.8, 4) is 67.8 Å². The zero-order valence-corrected chi connectivity index (χ0v) is 39.0. The quantitative estimate of drug-likeness (QED) is 0.0640. The number of hydrogen-bond acceptors (Lipinski definition) is 13. The van der Waals surface area contributed by atoms with Crippen molar-refractivity contribution in [2.24, 2.45) is 0 Å². The van der Waals surface area contributed by atoms with Crippen LogP contribution >= 0.6 is 0 Å². The number of nitrogens with one attached hydrogen (secondary N) is 2. The third-order valence-corrected chi connectivity index (χ3v) is 10.7. The fraction of sp³-hybridized carbons (Fsp3) is 0.250. The van der Waals surface area contributed by atoms with E-state index >= 15 is 0 Å². The Hall–Kier alpha value is -9.10. The summed E-state index contributed by atoms with van der Waals surface area (Å²) in [7, 11) is 6.51. The highest BCUT2D eigenvalue weighted by atomic mass is 19.4. The Kier molecular flexibility index (Phi) is 16.5. The van der Waals surface area contributed by atoms with E-state index in [1.807, 2.05) is 22.8 Å². The minimum Gasteiger partial charge on any atom is -0.496 e. The van der Waals surface area contributed by atoms with Gasteiger partial charge in [-0.1, -0.05) is 7.43 Å². The number of carbonyl (C=O) groups excluding carboxylic acids is 3. The number of ether oxygens (including phenoxy) is 5. The van der Waals surface area contributed by atoms with Gasteiger partial charge in [-0.25, -0.2) is 9.97 Å². The second-order valence-corrected chi connectivity index (χ2v) is 15.5. The number of carboxylic acid groups (broad SMARTS) is 1. The van der Waals surface area contributed by atoms with E-state index in [2.05, 4.69) is 24.9 Å². The SMILES string of the molecule is C.COC(=O)Cn1cc(-c2ccn3c(-c4cc(OC)c(C(=O)NCC(F)(F)F)c(OC)c4)cnc3c2)cn1.COc1cc(-c2cnc3cc(-c4cnn(CC(=O)O)c4)ccn23)cc(OC)c1C(=O)NCC(F)(F)F. The van der Waals surface area contributed by atoms with Gasteiger partial charge in [-0.2, -0.15) is 36.5 Å². The minimum atomic E-state index is -4.57. The summed E-state index contributed by atoms with van der Waals surface area (Å²) in [5, 5.41) is 20.8. The lowest BCUT2D eigenvalue weighted by molar-refractivity contribution is -0.141. The van der Waals surface area contributed by atoms with Crippen LogP contribution in [0.4, 0.5) is 26.3 Å². The van der Waals surface area contributed by atoms with Gasteiger partial charge in [0.25, 0.3) is 11.8 Å². The van der Waals surface area contributed by atoms with Gasteiger partial charge >= 0.3 is 24.3 Å². The lowest BCUT2D eigenvalue weighted by Gasteiger charge is -2.16. The Bertz CT molecular complexity index is 3290. The molecule has 0 atom stereocenters. The molecule has 0 unspecified atom stereocenters. The van der Waals surface area contributed by atoms with Gasteiger partial charge in [-0.15, -0.1) is 0 Å². The first-order valence-electron chi connectivity index (χ1n) is 21.2. The Balaban J connectivity index is 0.000000238. The number of nitrogens with zero attached hydrogens (tertiary/aromatic N) is 8. The highest BCUT2D eigenvalue weighted by molar-refractivity contribution is 6.01. The number of fused-ring (bicyclic) bond motifs is 2. The first-order valence-corrected chi connectivity index (χ1v) is 21.2. The lowest BCUT2D eigenvalue weighted by Crippen LogP contribution is -2.34. The summed E-state index contributed by atoms with van der Waals surface area (Å²) in [6.07, 6.45) is 4.10. The number of methoxy groups -OCH3 is 5. The number of hydrogen-bond donors (Lipinski definition) is 3. The molecule has 0 saturated heterocycles. The molecule has 8 aromatic rings. The number of halogens is 6. The van der Waals surface area contributed by atoms with Gasteiger partial charge in [0.05, 0.1) is 71.7 Å². The lowest BCUT2D eigenvalue weighted by atomic mass is 10.1. The monoisotopic (exact) mass is 1040 g/mol. The van der Waals surface area contributed by atoms with Crippen LogP contribution in [-0.4, -0.2) is 128 Å². The first kappa shape index (κ1) is 54.2. The fourth-order valence-electron chi connectivity index (χ4n) is 7.39. The van der Waals surface area contributed by atoms with E-state index in [1.165, 1.54) is 69.2 Å². The van der Waals surface area contributed by atoms with Crippen LogP contribution in [-0.2, 0) is 27.4 Å². The number of esters is 1. The van der Waals surface area contributed by atoms with Crippen molar-refractivity contribution in [1.29, 1.82) is 0 Å². The second-order valence-electron chi connectivity index (χ2n) is 15.5. The number of benzene rings is 2. The largest absolute Gasteiger partial charge is 0.496 e. The van der Waals surface area contributed by atoms with E-state index in [1.54, 1.807) is 70.5 Å². The predicted octanol–water partition coefficient (Wildman–Crippen LogP) is 7.24. The van der Waals surface area contributed by atoms with Crippen LogP contribution in [0.3, 0.4) is 0 Å². The van der Waals surface area contributed by atoms with Gasteiger partial charge in [0.15, 0.2) is 0 Å². The smallest absolute Gasteiger partial charge is 0.405 e. The van der Waals surface area contributed by atoms with Gasteiger partial charge in [-0.3, -0.25) is 37.3 Å². The van der Waals surface area contributed by atoms with E-state index in [0.29, 0.717) is 39.4 Å². The molecule has 3 N–H and O–H groups in total. The van der Waals surface area contributed by atoms with E-state index in [4.69, 9.17) is 24.1 Å². The van der Waals surface area contributed by atoms with Crippen LogP contribution in [0, 0.1) is 0 Å². The Morgan fingerprint density at radius 3 is 1.27 bits per heavy atom. The second kappa shape index (κ2) is 22.5. The summed E-state index contributed by atoms with van der Waals surface area (Å²) in [6, 6.07) is 13.3. The first-order chi connectivity index (χ1) is 34.7. The van der Waals surface area contributed by atoms with E-state index in [-0.39, 0.29) is 54.6 Å². The molecule has 0 aliphatic heterocycles. The molecule has 6 heterocycles. The van der Waals surface area contributed by atoms with Crippen molar-refractivity contribution in [2.45, 2.75) is 32.9 Å². The summed E-state index contributed by atoms with van der Waals surface area (Å²) in [5.41, 5.74) is 6.25. The molecule has 6 aromatic heterocycles. The van der Waals surface area contributed by atoms with Crippen molar-refractivity contribution >= 4 is 35.0 Å². The number of aliphatic carboxylic acids is 1. The maximum Gasteiger partial charge on any atom is 0.405 e. The molecule has 20 nitrogen and oxygen atoms in total. The summed E-state index contributed by atoms with van der Waals surface area (Å²) < 4.78 is 108. The molecule has 8 rings (SSSR count). The zero-order valence-electron chi connectivity index (χ0n) is 39.0. The normalized spacial score (nSPS) is 11.3. The summed E-state index contributed by atoms with van der Waals surface area (Å²) >= 11 is 0. The molecule has 2 aromatic carbocycles. The maximum absolute atomic E-state index is 12.6. The predicted molar refractivity (Wildman–Crippen MR) is 253 cm³/mol. The Morgan fingerprint density at radius 2 is 0.932 bits per heavy atom. The molecule has 0 aliphatic rings. The molecule has 0 aliphatic carbocycles. The number of carbonyl (C=O) groups is 4. The van der Waals surface area contributed by atoms with Crippen LogP contribution in [0.5, 0.6) is 23.0 Å². The Labute approximate surface area is 416 Å². The molecule has 390 valence electrons. The average Bonchev–Trinajstić information content (AvgIpc) is 4.20. The fourth-order valence-corrected chi connectivity index (χ4v) is 7.39. The summed E-state index contributed by atoms with van der Waals surface area (Å²) in [4.78, 5) is 56.2. The van der Waals surface area contributed by atoms with Crippen LogP contribution in [0.1, 0.15) is 28.1 Å². The molecule has 0 bridgehead atoms. The van der Waals surface area contributed by atoms with E-state index in [9.17, 15) is 45.5 Å². The highest BCUT2D eigenvalue weighted by Gasteiger charge is 2.31. The molecular weight excluding hydrogens is 991 g/mol. The average molecular weight is 1040 g/mol. The third-order valence-electron chi connectivity index (χ3n) is 10.7. The van der Waals surface area contributed by atoms with Crippen LogP contribution in [0.25, 0.3) is 56.1 Å². The summed E-state index contributed by atoms with van der Waals surface area (Å²) in [5.74, 6) is -3.25. The van der Waals surface area contributed by atoms with Gasteiger partial charge in [0.2, 0.25) is 0 Å². The minimum absolute atomic E-state index is 0. The highest BCUT2D eigenvalue weighted by Crippen LogP contribution is 2.38. The molecule has 2 amide bonds. The van der Waals surface area contributed by atoms with Crippen molar-refractivity contribution < 1.29 is 74.3 Å². The molecule has 26 heteroatoms. The van der Waals surface area contributed by atoms with Crippen molar-refractivity contribution in [1.82, 2.24) is 49.0 Å². The van der Waals surface area contributed by atoms with Gasteiger partial charge in [0.1, 0.15) is 71.6 Å². The number of rotatable bonds is 16. The van der Waals surface area contributed by atoms with Crippen LogP contribution in [0.15, 0.2) is 98.1 Å². The van der Waals surface area contributed by atoms with E-state index < -0.39 is 49.2 Å². The van der Waals surface area contributed by atoms with Crippen LogP contribution < -0.4 is 29.6 Å². The molecule has 0 saturated carbocycles. The maximum atomic E-state index is 12.6. The Morgan fingerprint density at radius 1 is 0.554 bits per heavy atom. The number of pyridine rings is 2. The zero-order chi connectivity index (χ0) is 52.8. The molecule has 0 spiro atoms. The number of carboxylic acids is 1. The van der Waals surface area contributed by atoms with Gasteiger partial charge in [0, 0.05) is 47.0 Å². The van der Waals surface area contributed by atoms with Crippen molar-refractivity contribution in [2.75, 3.05) is 48.6 Å². The number of aromatic nitrogens is 8. The molecular formula is C48H46F6N10O10. The van der Waals surface area contributed by atoms with Crippen molar-refractivity contribution in [3.05, 3.63) is 109 Å². The van der Waals surface area contributed by atoms with E-state index in [0.717, 1.165) is 16.7 Å². The molecule has 74 heavy (non-hydrogen) atoms. The van der Waals surface area contributed by atoms with Gasteiger partial charge in [-0.05, 0) is 59.7 Å². The third kappa shape index (κ3) is 12.5. The summed E-state index contributed by atoms with van der Waals surface area (Å²) in [6.45, 7) is -3.26. The number of alkyl halides is 6. The number of imidazole rings is 2.